The average Bonchev–Trinajstić information content (AvgIpc) is 3.42. The van der Waals surface area contributed by atoms with Crippen LogP contribution >= 0.6 is 0 Å². The Morgan fingerprint density at radius 1 is 1.05 bits per heavy atom. The number of aromatic amines is 1. The second kappa shape index (κ2) is 11.6. The van der Waals surface area contributed by atoms with Crippen molar-refractivity contribution in [2.45, 2.75) is 17.4 Å². The second-order valence-electron chi connectivity index (χ2n) is 8.90. The molecule has 0 spiro atoms. The number of carbonyl (C=O) groups excluding carboxylic acids is 2. The molecule has 2 heterocycles. The number of aliphatic hydroxyl groups is 1. The molecule has 1 aromatic heterocycles. The van der Waals surface area contributed by atoms with E-state index in [1.165, 1.54) is 41.0 Å². The quantitative estimate of drug-likeness (QED) is 0.324. The van der Waals surface area contributed by atoms with Gasteiger partial charge in [0.1, 0.15) is 0 Å². The van der Waals surface area contributed by atoms with Crippen LogP contribution in [0.5, 0.6) is 0 Å². The summed E-state index contributed by atoms with van der Waals surface area (Å²) < 4.78 is 27.3. The molecule has 196 valence electrons. The number of sulfonamides is 1. The number of rotatable bonds is 9. The first-order valence-corrected chi connectivity index (χ1v) is 13.3. The zero-order valence-corrected chi connectivity index (χ0v) is 21.2. The minimum Gasteiger partial charge on any atom is -0.394 e. The molecule has 1 fully saturated rings. The third-order valence-electron chi connectivity index (χ3n) is 6.18. The van der Waals surface area contributed by atoms with Crippen LogP contribution in [0.15, 0.2) is 66.0 Å². The van der Waals surface area contributed by atoms with E-state index in [-0.39, 0.29) is 17.1 Å². The molecule has 4 N–H and O–H groups in total. The molecular weight excluding hydrogens is 496 g/mol. The zero-order chi connectivity index (χ0) is 26.4. The molecule has 1 aliphatic rings. The fourth-order valence-electron chi connectivity index (χ4n) is 3.99. The predicted molar refractivity (Wildman–Crippen MR) is 138 cm³/mol. The molecule has 3 aromatic rings. The maximum absolute atomic E-state index is 12.9. The largest absolute Gasteiger partial charge is 0.394 e. The number of amides is 2. The summed E-state index contributed by atoms with van der Waals surface area (Å²) in [6.45, 7) is 1.94. The summed E-state index contributed by atoms with van der Waals surface area (Å²) in [4.78, 5) is 34.6. The molecule has 1 saturated heterocycles. The lowest BCUT2D eigenvalue weighted by Crippen LogP contribution is -2.47. The van der Waals surface area contributed by atoms with Crippen LogP contribution in [0.25, 0.3) is 0 Å². The number of imidazole rings is 1. The summed E-state index contributed by atoms with van der Waals surface area (Å²) in [7, 11) is -1.67. The number of carbonyl (C=O) groups is 2. The fourth-order valence-corrected chi connectivity index (χ4v) is 5.41. The highest BCUT2D eigenvalue weighted by Crippen LogP contribution is 2.19. The van der Waals surface area contributed by atoms with Crippen molar-refractivity contribution in [2.75, 3.05) is 45.2 Å². The molecule has 1 atom stereocenters. The Labute approximate surface area is 215 Å². The van der Waals surface area contributed by atoms with Crippen LogP contribution in [-0.2, 0) is 16.4 Å². The normalized spacial score (nSPS) is 15.7. The molecule has 37 heavy (non-hydrogen) atoms. The van der Waals surface area contributed by atoms with Gasteiger partial charge >= 0.3 is 0 Å². The predicted octanol–water partition coefficient (Wildman–Crippen LogP) is 0.932. The zero-order valence-electron chi connectivity index (χ0n) is 20.4. The number of nitrogens with zero attached hydrogens (tertiary/aromatic N) is 3. The van der Waals surface area contributed by atoms with Gasteiger partial charge in [-0.1, -0.05) is 6.07 Å². The van der Waals surface area contributed by atoms with Crippen LogP contribution in [0.4, 0.5) is 5.69 Å². The van der Waals surface area contributed by atoms with Gasteiger partial charge in [-0.05, 0) is 49.5 Å². The number of nitrogens with one attached hydrogen (secondary N) is 3. The average molecular weight is 527 g/mol. The van der Waals surface area contributed by atoms with Gasteiger partial charge < -0.3 is 25.6 Å². The van der Waals surface area contributed by atoms with Crippen molar-refractivity contribution in [2.24, 2.45) is 0 Å². The highest BCUT2D eigenvalue weighted by Gasteiger charge is 2.27. The maximum atomic E-state index is 12.9. The maximum Gasteiger partial charge on any atom is 0.255 e. The molecule has 11 nitrogen and oxygen atoms in total. The number of likely N-dealkylation sites (N-methyl/N-ethyl adjacent to an activating group) is 1. The van der Waals surface area contributed by atoms with Gasteiger partial charge in [-0.15, -0.1) is 0 Å². The number of piperazine rings is 1. The monoisotopic (exact) mass is 526 g/mol. The topological polar surface area (TPSA) is 148 Å². The van der Waals surface area contributed by atoms with E-state index < -0.39 is 27.9 Å². The van der Waals surface area contributed by atoms with Gasteiger partial charge in [-0.3, -0.25) is 9.59 Å². The van der Waals surface area contributed by atoms with Gasteiger partial charge in [0.25, 0.3) is 11.8 Å². The smallest absolute Gasteiger partial charge is 0.255 e. The van der Waals surface area contributed by atoms with E-state index in [4.69, 9.17) is 0 Å². The number of hydrogen-bond donors (Lipinski definition) is 4. The SMILES string of the molecule is CN1CCN(S(=O)(=O)c2ccc(C(=O)Nc3cccc(C(=O)N[C@H](CO)Cc4cnc[nH]4)c3)cc2)CC1. The van der Waals surface area contributed by atoms with Gasteiger partial charge in [0.05, 0.1) is 23.9 Å². The first-order valence-electron chi connectivity index (χ1n) is 11.9. The summed E-state index contributed by atoms with van der Waals surface area (Å²) in [6, 6.07) is 11.7. The van der Waals surface area contributed by atoms with Crippen LogP contribution in [0, 0.1) is 0 Å². The number of benzene rings is 2. The third kappa shape index (κ3) is 6.60. The molecule has 0 unspecified atom stereocenters. The van der Waals surface area contributed by atoms with Gasteiger partial charge in [-0.25, -0.2) is 13.4 Å². The highest BCUT2D eigenvalue weighted by atomic mass is 32.2. The van der Waals surface area contributed by atoms with Gasteiger partial charge in [0.15, 0.2) is 0 Å². The van der Waals surface area contributed by atoms with Crippen LogP contribution in [-0.4, -0.2) is 90.4 Å². The van der Waals surface area contributed by atoms with Gasteiger partial charge in [0.2, 0.25) is 10.0 Å². The molecule has 0 aliphatic carbocycles. The minimum atomic E-state index is -3.62. The number of anilines is 1. The summed E-state index contributed by atoms with van der Waals surface area (Å²) in [5, 5.41) is 15.1. The lowest BCUT2D eigenvalue weighted by Gasteiger charge is -2.31. The Balaban J connectivity index is 1.38. The number of H-pyrrole nitrogens is 1. The summed E-state index contributed by atoms with van der Waals surface area (Å²) >= 11 is 0. The van der Waals surface area contributed by atoms with E-state index >= 15 is 0 Å². The second-order valence-corrected chi connectivity index (χ2v) is 10.8. The van der Waals surface area contributed by atoms with E-state index in [2.05, 4.69) is 25.5 Å². The first kappa shape index (κ1) is 26.5. The molecule has 0 radical (unpaired) electrons. The van der Waals surface area contributed by atoms with E-state index in [9.17, 15) is 23.1 Å². The van der Waals surface area contributed by atoms with Gasteiger partial charge in [-0.2, -0.15) is 4.31 Å². The minimum absolute atomic E-state index is 0.140. The number of aromatic nitrogens is 2. The summed E-state index contributed by atoms with van der Waals surface area (Å²) in [5.74, 6) is -0.832. The Kier molecular flexibility index (Phi) is 8.34. The number of hydrogen-bond acceptors (Lipinski definition) is 7. The molecule has 1 aliphatic heterocycles. The summed E-state index contributed by atoms with van der Waals surface area (Å²) in [5.41, 5.74) is 1.78. The molecule has 0 bridgehead atoms. The molecular formula is C25H30N6O5S. The highest BCUT2D eigenvalue weighted by molar-refractivity contribution is 7.89. The first-order chi connectivity index (χ1) is 17.8. The Bertz CT molecular complexity index is 1320. The molecule has 2 amide bonds. The molecule has 0 saturated carbocycles. The third-order valence-corrected chi connectivity index (χ3v) is 8.09. The van der Waals surface area contributed by atoms with Crippen LogP contribution < -0.4 is 10.6 Å². The molecule has 2 aromatic carbocycles. The van der Waals surface area contributed by atoms with Crippen LogP contribution in [0.3, 0.4) is 0 Å². The summed E-state index contributed by atoms with van der Waals surface area (Å²) in [6.07, 6.45) is 3.54. The Morgan fingerprint density at radius 2 is 1.78 bits per heavy atom. The van der Waals surface area contributed by atoms with Crippen molar-refractivity contribution in [3.05, 3.63) is 77.9 Å². The van der Waals surface area contributed by atoms with E-state index in [0.29, 0.717) is 43.9 Å². The van der Waals surface area contributed by atoms with E-state index in [0.717, 1.165) is 5.69 Å². The van der Waals surface area contributed by atoms with Crippen molar-refractivity contribution in [3.63, 3.8) is 0 Å². The van der Waals surface area contributed by atoms with Gasteiger partial charge in [0, 0.05) is 61.3 Å². The number of aliphatic hydroxyl groups excluding tert-OH is 1. The fraction of sp³-hybridized carbons (Fsp3) is 0.320. The Morgan fingerprint density at radius 3 is 2.43 bits per heavy atom. The Hall–Kier alpha value is -3.58. The van der Waals surface area contributed by atoms with Crippen molar-refractivity contribution in [3.8, 4) is 0 Å². The lowest BCUT2D eigenvalue weighted by atomic mass is 10.1. The van der Waals surface area contributed by atoms with Crippen molar-refractivity contribution >= 4 is 27.5 Å². The lowest BCUT2D eigenvalue weighted by molar-refractivity contribution is 0.0915. The standard InChI is InChI=1S/C25H30N6O5S/c1-30-9-11-31(12-10-30)37(35,36)23-7-5-18(6-8-23)24(33)28-20-4-2-3-19(13-20)25(34)29-22(16-32)14-21-15-26-17-27-21/h2-8,13,15,17,22,32H,9-12,14,16H2,1H3,(H,26,27)(H,28,33)(H,29,34)/t22-/m0/s1. The van der Waals surface area contributed by atoms with Crippen LogP contribution in [0.1, 0.15) is 26.4 Å². The molecule has 4 rings (SSSR count). The molecule has 12 heteroatoms. The van der Waals surface area contributed by atoms with Crippen LogP contribution in [0.2, 0.25) is 0 Å². The van der Waals surface area contributed by atoms with Crippen molar-refractivity contribution in [1.82, 2.24) is 24.5 Å². The van der Waals surface area contributed by atoms with Crippen molar-refractivity contribution < 1.29 is 23.1 Å². The van der Waals surface area contributed by atoms with E-state index in [1.54, 1.807) is 24.4 Å². The van der Waals surface area contributed by atoms with E-state index in [1.807, 2.05) is 7.05 Å². The van der Waals surface area contributed by atoms with Crippen molar-refractivity contribution in [1.29, 1.82) is 0 Å².